The molecule has 0 aliphatic carbocycles. The number of benzene rings is 2. The number of aryl methyl sites for hydroxylation is 1. The zero-order chi connectivity index (χ0) is 19.3. The molecule has 0 aliphatic rings. The van der Waals surface area contributed by atoms with E-state index in [1.807, 2.05) is 19.1 Å². The molecule has 0 saturated heterocycles. The van der Waals surface area contributed by atoms with Crippen LogP contribution in [-0.2, 0) is 9.59 Å². The lowest BCUT2D eigenvalue weighted by molar-refractivity contribution is -0.133. The predicted octanol–water partition coefficient (Wildman–Crippen LogP) is 4.73. The van der Waals surface area contributed by atoms with Crippen molar-refractivity contribution in [1.82, 2.24) is 0 Å². The fraction of sp³-hybridized carbons (Fsp3) is 0.263. The molecule has 2 rings (SSSR count). The predicted molar refractivity (Wildman–Crippen MR) is 108 cm³/mol. The Kier molecular flexibility index (Phi) is 6.89. The van der Waals surface area contributed by atoms with Crippen molar-refractivity contribution in [2.24, 2.45) is 0 Å². The summed E-state index contributed by atoms with van der Waals surface area (Å²) in [7, 11) is 0. The molecule has 0 atom stereocenters. The van der Waals surface area contributed by atoms with Crippen molar-refractivity contribution >= 4 is 52.1 Å². The number of hydrogen-bond acceptors (Lipinski definition) is 3. The average Bonchev–Trinajstić information content (AvgIpc) is 2.62. The van der Waals surface area contributed by atoms with Gasteiger partial charge in [0.1, 0.15) is 0 Å². The van der Waals surface area contributed by atoms with Gasteiger partial charge in [-0.2, -0.15) is 0 Å². The molecular weight excluding hydrogens is 373 g/mol. The monoisotopic (exact) mass is 393 g/mol. The molecule has 2 aromatic rings. The molecule has 138 valence electrons. The zero-order valence-electron chi connectivity index (χ0n) is 14.9. The van der Waals surface area contributed by atoms with Crippen LogP contribution in [0.2, 0.25) is 10.0 Å². The van der Waals surface area contributed by atoms with Crippen LogP contribution in [-0.4, -0.2) is 24.9 Å². The van der Waals surface area contributed by atoms with E-state index < -0.39 is 11.8 Å². The first-order chi connectivity index (χ1) is 12.4. The Labute approximate surface area is 163 Å². The van der Waals surface area contributed by atoms with Gasteiger partial charge in [-0.25, -0.2) is 0 Å². The van der Waals surface area contributed by atoms with Crippen molar-refractivity contribution in [1.29, 1.82) is 0 Å². The Bertz CT molecular complexity index is 820. The number of amides is 2. The van der Waals surface area contributed by atoms with Gasteiger partial charge in [0.15, 0.2) is 0 Å². The van der Waals surface area contributed by atoms with Gasteiger partial charge in [0.05, 0.1) is 15.7 Å². The van der Waals surface area contributed by atoms with Crippen LogP contribution < -0.4 is 15.5 Å². The molecule has 26 heavy (non-hydrogen) atoms. The molecule has 2 N–H and O–H groups in total. The van der Waals surface area contributed by atoms with Gasteiger partial charge in [0.2, 0.25) is 0 Å². The first-order valence-electron chi connectivity index (χ1n) is 8.29. The van der Waals surface area contributed by atoms with Gasteiger partial charge in [-0.05, 0) is 56.7 Å². The highest BCUT2D eigenvalue weighted by molar-refractivity contribution is 6.47. The molecule has 0 spiro atoms. The lowest BCUT2D eigenvalue weighted by Gasteiger charge is -2.22. The normalized spacial score (nSPS) is 10.3. The van der Waals surface area contributed by atoms with E-state index in [4.69, 9.17) is 23.2 Å². The van der Waals surface area contributed by atoms with Gasteiger partial charge < -0.3 is 15.5 Å². The highest BCUT2D eigenvalue weighted by Gasteiger charge is 2.17. The van der Waals surface area contributed by atoms with E-state index in [1.54, 1.807) is 24.3 Å². The Hall–Kier alpha value is -2.24. The van der Waals surface area contributed by atoms with Crippen molar-refractivity contribution in [3.63, 3.8) is 0 Å². The molecule has 0 bridgehead atoms. The summed E-state index contributed by atoms with van der Waals surface area (Å²) in [5.74, 6) is -1.60. The Morgan fingerprint density at radius 1 is 0.962 bits per heavy atom. The molecule has 2 amide bonds. The topological polar surface area (TPSA) is 61.4 Å². The van der Waals surface area contributed by atoms with Crippen LogP contribution in [0.3, 0.4) is 0 Å². The summed E-state index contributed by atoms with van der Waals surface area (Å²) in [5.41, 5.74) is 2.81. The molecule has 7 heteroatoms. The zero-order valence-corrected chi connectivity index (χ0v) is 16.4. The van der Waals surface area contributed by atoms with E-state index in [0.29, 0.717) is 10.7 Å². The minimum absolute atomic E-state index is 0.190. The third-order valence-corrected chi connectivity index (χ3v) is 4.81. The highest BCUT2D eigenvalue weighted by atomic mass is 35.5. The second-order valence-electron chi connectivity index (χ2n) is 5.68. The van der Waals surface area contributed by atoms with Crippen molar-refractivity contribution in [2.45, 2.75) is 20.8 Å². The van der Waals surface area contributed by atoms with Crippen LogP contribution in [0, 0.1) is 6.92 Å². The fourth-order valence-electron chi connectivity index (χ4n) is 2.53. The number of hydrogen-bond donors (Lipinski definition) is 2. The average molecular weight is 394 g/mol. The first kappa shape index (κ1) is 20.1. The smallest absolute Gasteiger partial charge is 0.314 e. The van der Waals surface area contributed by atoms with Gasteiger partial charge in [-0.1, -0.05) is 29.3 Å². The van der Waals surface area contributed by atoms with Gasteiger partial charge >= 0.3 is 11.8 Å². The summed E-state index contributed by atoms with van der Waals surface area (Å²) in [6.07, 6.45) is 0. The summed E-state index contributed by atoms with van der Waals surface area (Å²) < 4.78 is 0. The minimum Gasteiger partial charge on any atom is -0.372 e. The third-order valence-electron chi connectivity index (χ3n) is 3.99. The first-order valence-corrected chi connectivity index (χ1v) is 9.04. The molecule has 0 fully saturated rings. The molecule has 0 heterocycles. The van der Waals surface area contributed by atoms with E-state index in [1.165, 1.54) is 0 Å². The number of halogens is 2. The number of anilines is 3. The maximum atomic E-state index is 12.2. The maximum Gasteiger partial charge on any atom is 0.314 e. The van der Waals surface area contributed by atoms with Gasteiger partial charge in [-0.3, -0.25) is 9.59 Å². The standard InChI is InChI=1S/C19H21Cl2N3O2/c1-4-24(5-2)13-9-10-15(12(3)11-13)22-18(25)19(26)23-16-8-6-7-14(20)17(16)21/h6-11H,4-5H2,1-3H3,(H,22,25)(H,23,26). The largest absolute Gasteiger partial charge is 0.372 e. The maximum absolute atomic E-state index is 12.2. The van der Waals surface area contributed by atoms with E-state index in [-0.39, 0.29) is 10.7 Å². The van der Waals surface area contributed by atoms with Gasteiger partial charge in [-0.15, -0.1) is 0 Å². The Morgan fingerprint density at radius 2 is 1.58 bits per heavy atom. The van der Waals surface area contributed by atoms with Crippen LogP contribution in [0.1, 0.15) is 19.4 Å². The lowest BCUT2D eigenvalue weighted by atomic mass is 10.1. The number of carbonyl (C=O) groups is 2. The van der Waals surface area contributed by atoms with Crippen molar-refractivity contribution in [3.05, 3.63) is 52.0 Å². The van der Waals surface area contributed by atoms with Crippen LogP contribution >= 0.6 is 23.2 Å². The molecular formula is C19H21Cl2N3O2. The van der Waals surface area contributed by atoms with E-state index in [9.17, 15) is 9.59 Å². The van der Waals surface area contributed by atoms with Gasteiger partial charge in [0, 0.05) is 24.5 Å². The summed E-state index contributed by atoms with van der Waals surface area (Å²) >= 11 is 11.9. The Balaban J connectivity index is 2.09. The second-order valence-corrected chi connectivity index (χ2v) is 6.47. The van der Waals surface area contributed by atoms with Gasteiger partial charge in [0.25, 0.3) is 0 Å². The van der Waals surface area contributed by atoms with Crippen molar-refractivity contribution < 1.29 is 9.59 Å². The molecule has 2 aromatic carbocycles. The third kappa shape index (κ3) is 4.68. The number of nitrogens with one attached hydrogen (secondary N) is 2. The summed E-state index contributed by atoms with van der Waals surface area (Å²) in [6, 6.07) is 10.5. The van der Waals surface area contributed by atoms with Crippen LogP contribution in [0.4, 0.5) is 17.1 Å². The van der Waals surface area contributed by atoms with E-state index in [0.717, 1.165) is 24.3 Å². The van der Waals surface area contributed by atoms with Crippen molar-refractivity contribution in [3.8, 4) is 0 Å². The molecule has 0 aliphatic heterocycles. The van der Waals surface area contributed by atoms with E-state index >= 15 is 0 Å². The second kappa shape index (κ2) is 8.92. The minimum atomic E-state index is -0.818. The van der Waals surface area contributed by atoms with Crippen LogP contribution in [0.15, 0.2) is 36.4 Å². The Morgan fingerprint density at radius 3 is 2.15 bits per heavy atom. The molecule has 0 radical (unpaired) electrons. The quantitative estimate of drug-likeness (QED) is 0.721. The van der Waals surface area contributed by atoms with Crippen LogP contribution in [0.5, 0.6) is 0 Å². The highest BCUT2D eigenvalue weighted by Crippen LogP contribution is 2.29. The molecule has 0 aromatic heterocycles. The van der Waals surface area contributed by atoms with Crippen LogP contribution in [0.25, 0.3) is 0 Å². The molecule has 5 nitrogen and oxygen atoms in total. The van der Waals surface area contributed by atoms with Crippen molar-refractivity contribution in [2.75, 3.05) is 28.6 Å². The van der Waals surface area contributed by atoms with E-state index in [2.05, 4.69) is 29.4 Å². The lowest BCUT2D eigenvalue weighted by Crippen LogP contribution is -2.29. The number of nitrogens with zero attached hydrogens (tertiary/aromatic N) is 1. The summed E-state index contributed by atoms with van der Waals surface area (Å²) in [6.45, 7) is 7.84. The SMILES string of the molecule is CCN(CC)c1ccc(NC(=O)C(=O)Nc2cccc(Cl)c2Cl)c(C)c1. The summed E-state index contributed by atoms with van der Waals surface area (Å²) in [5, 5.41) is 5.57. The molecule has 0 unspecified atom stereocenters. The summed E-state index contributed by atoms with van der Waals surface area (Å²) in [4.78, 5) is 26.5. The number of rotatable bonds is 5. The number of carbonyl (C=O) groups excluding carboxylic acids is 2. The fourth-order valence-corrected chi connectivity index (χ4v) is 2.88. The molecule has 0 saturated carbocycles.